The number of halogens is 3. The molecule has 146 valence electrons. The molecule has 0 bridgehead atoms. The molecule has 28 heavy (non-hydrogen) atoms. The van der Waals surface area contributed by atoms with Crippen LogP contribution in [0.15, 0.2) is 52.4 Å². The van der Waals surface area contributed by atoms with Gasteiger partial charge in [-0.25, -0.2) is 4.99 Å². The number of hydrogen-bond acceptors (Lipinski definition) is 5. The Bertz CT molecular complexity index is 971. The van der Waals surface area contributed by atoms with Crippen LogP contribution in [0.4, 0.5) is 18.9 Å². The summed E-state index contributed by atoms with van der Waals surface area (Å²) in [5.74, 6) is -0.140. The van der Waals surface area contributed by atoms with Crippen LogP contribution in [0.1, 0.15) is 18.1 Å². The van der Waals surface area contributed by atoms with Gasteiger partial charge in [0.1, 0.15) is 0 Å². The first-order valence-electron chi connectivity index (χ1n) is 8.19. The lowest BCUT2D eigenvalue weighted by Crippen LogP contribution is -2.19. The fourth-order valence-electron chi connectivity index (χ4n) is 2.39. The van der Waals surface area contributed by atoms with Gasteiger partial charge in [0.15, 0.2) is 16.7 Å². The zero-order valence-electron chi connectivity index (χ0n) is 14.6. The number of nitrogens with zero attached hydrogens (tertiary/aromatic N) is 1. The number of amidine groups is 1. The van der Waals surface area contributed by atoms with Gasteiger partial charge in [-0.05, 0) is 60.7 Å². The molecule has 0 aromatic heterocycles. The van der Waals surface area contributed by atoms with Gasteiger partial charge in [-0.1, -0.05) is 12.1 Å². The largest absolute Gasteiger partial charge is 0.504 e. The number of aliphatic imine (C=N–C) groups is 1. The topological polar surface area (TPSA) is 70.9 Å². The number of rotatable bonds is 4. The molecule has 2 aromatic rings. The molecule has 0 atom stereocenters. The van der Waals surface area contributed by atoms with Crippen molar-refractivity contribution in [1.82, 2.24) is 5.32 Å². The molecule has 2 N–H and O–H groups in total. The molecule has 1 aliphatic rings. The van der Waals surface area contributed by atoms with Crippen molar-refractivity contribution >= 4 is 34.6 Å². The molecular formula is C19H15F3N2O3S. The Kier molecular flexibility index (Phi) is 5.64. The van der Waals surface area contributed by atoms with Crippen molar-refractivity contribution in [2.75, 3.05) is 6.61 Å². The first-order valence-corrected chi connectivity index (χ1v) is 9.00. The molecule has 1 saturated heterocycles. The third-order valence-electron chi connectivity index (χ3n) is 3.64. The van der Waals surface area contributed by atoms with E-state index >= 15 is 0 Å². The van der Waals surface area contributed by atoms with E-state index < -0.39 is 17.6 Å². The average molecular weight is 408 g/mol. The molecule has 2 aromatic carbocycles. The van der Waals surface area contributed by atoms with Crippen molar-refractivity contribution in [1.29, 1.82) is 0 Å². The number of nitrogens with one attached hydrogen (secondary N) is 1. The maximum Gasteiger partial charge on any atom is 0.416 e. The normalized spacial score (nSPS) is 17.2. The average Bonchev–Trinajstić information content (AvgIpc) is 2.96. The lowest BCUT2D eigenvalue weighted by atomic mass is 10.2. The van der Waals surface area contributed by atoms with Gasteiger partial charge in [-0.2, -0.15) is 13.2 Å². The molecule has 0 spiro atoms. The fraction of sp³-hybridized carbons (Fsp3) is 0.158. The predicted molar refractivity (Wildman–Crippen MR) is 102 cm³/mol. The van der Waals surface area contributed by atoms with E-state index in [4.69, 9.17) is 4.74 Å². The minimum absolute atomic E-state index is 0.0145. The van der Waals surface area contributed by atoms with E-state index in [1.807, 2.05) is 0 Å². The minimum atomic E-state index is -4.47. The third-order valence-corrected chi connectivity index (χ3v) is 4.55. The molecule has 1 fully saturated rings. The lowest BCUT2D eigenvalue weighted by molar-refractivity contribution is -0.137. The van der Waals surface area contributed by atoms with E-state index in [2.05, 4.69) is 10.3 Å². The number of alkyl halides is 3. The van der Waals surface area contributed by atoms with E-state index in [1.165, 1.54) is 18.2 Å². The van der Waals surface area contributed by atoms with Gasteiger partial charge < -0.3 is 15.2 Å². The number of aromatic hydroxyl groups is 1. The van der Waals surface area contributed by atoms with Gasteiger partial charge in [-0.15, -0.1) is 0 Å². The van der Waals surface area contributed by atoms with Crippen LogP contribution in [0.25, 0.3) is 6.08 Å². The first-order chi connectivity index (χ1) is 13.3. The van der Waals surface area contributed by atoms with Gasteiger partial charge in [0.25, 0.3) is 5.91 Å². The first kappa shape index (κ1) is 19.8. The van der Waals surface area contributed by atoms with Crippen LogP contribution >= 0.6 is 11.8 Å². The Labute approximate surface area is 162 Å². The van der Waals surface area contributed by atoms with Crippen LogP contribution in [-0.4, -0.2) is 22.8 Å². The predicted octanol–water partition coefficient (Wildman–Crippen LogP) is 4.70. The highest BCUT2D eigenvalue weighted by atomic mass is 32.2. The highest BCUT2D eigenvalue weighted by Crippen LogP contribution is 2.34. The van der Waals surface area contributed by atoms with Gasteiger partial charge in [-0.3, -0.25) is 4.79 Å². The van der Waals surface area contributed by atoms with Crippen molar-refractivity contribution in [3.63, 3.8) is 0 Å². The molecular weight excluding hydrogens is 393 g/mol. The molecule has 1 heterocycles. The molecule has 1 amide bonds. The van der Waals surface area contributed by atoms with E-state index in [9.17, 15) is 23.1 Å². The van der Waals surface area contributed by atoms with Crippen molar-refractivity contribution in [3.8, 4) is 11.5 Å². The zero-order chi connectivity index (χ0) is 20.3. The van der Waals surface area contributed by atoms with Crippen molar-refractivity contribution < 1.29 is 27.8 Å². The summed E-state index contributed by atoms with van der Waals surface area (Å²) in [6.45, 7) is 2.15. The summed E-state index contributed by atoms with van der Waals surface area (Å²) in [5.41, 5.74) is -0.103. The second-order valence-electron chi connectivity index (χ2n) is 5.69. The maximum atomic E-state index is 12.8. The molecule has 1 aliphatic heterocycles. The van der Waals surface area contributed by atoms with E-state index in [0.29, 0.717) is 17.1 Å². The van der Waals surface area contributed by atoms with Crippen LogP contribution in [0.5, 0.6) is 11.5 Å². The van der Waals surface area contributed by atoms with Crippen LogP contribution in [0, 0.1) is 0 Å². The zero-order valence-corrected chi connectivity index (χ0v) is 15.4. The van der Waals surface area contributed by atoms with Crippen LogP contribution in [0.3, 0.4) is 0 Å². The summed E-state index contributed by atoms with van der Waals surface area (Å²) in [7, 11) is 0. The molecule has 0 saturated carbocycles. The second-order valence-corrected chi connectivity index (χ2v) is 6.72. The number of hydrogen-bond donors (Lipinski definition) is 2. The van der Waals surface area contributed by atoms with Gasteiger partial charge in [0, 0.05) is 0 Å². The molecule has 0 radical (unpaired) electrons. The molecule has 0 aliphatic carbocycles. The molecule has 3 rings (SSSR count). The van der Waals surface area contributed by atoms with Gasteiger partial charge >= 0.3 is 6.18 Å². The Morgan fingerprint density at radius 2 is 2.04 bits per heavy atom. The monoisotopic (exact) mass is 408 g/mol. The number of phenolic OH excluding ortho intramolecular Hbond substituents is 1. The Balaban J connectivity index is 1.83. The van der Waals surface area contributed by atoms with E-state index in [0.717, 1.165) is 23.9 Å². The highest BCUT2D eigenvalue weighted by molar-refractivity contribution is 8.18. The van der Waals surface area contributed by atoms with Gasteiger partial charge in [0.05, 0.1) is 22.8 Å². The number of benzene rings is 2. The number of ether oxygens (including phenoxy) is 1. The minimum Gasteiger partial charge on any atom is -0.504 e. The SMILES string of the molecule is CCOc1cc(/C=C2\SC(=Nc3cccc(C(F)(F)F)c3)NC2=O)ccc1O. The fourth-order valence-corrected chi connectivity index (χ4v) is 3.23. The summed E-state index contributed by atoms with van der Waals surface area (Å²) in [6.07, 6.45) is -2.89. The van der Waals surface area contributed by atoms with E-state index in [-0.39, 0.29) is 22.4 Å². The summed E-state index contributed by atoms with van der Waals surface area (Å²) in [6, 6.07) is 9.19. The van der Waals surface area contributed by atoms with E-state index in [1.54, 1.807) is 25.1 Å². The standard InChI is InChI=1S/C19H15F3N2O3S/c1-2-27-15-8-11(6-7-14(15)25)9-16-17(26)24-18(28-16)23-13-5-3-4-12(10-13)19(20,21)22/h3-10,25H,2H2,1H3,(H,23,24,26)/b16-9-. The number of carbonyl (C=O) groups excluding carboxylic acids is 1. The summed E-state index contributed by atoms with van der Waals surface area (Å²) >= 11 is 1.01. The maximum absolute atomic E-state index is 12.8. The van der Waals surface area contributed by atoms with Crippen LogP contribution < -0.4 is 10.1 Å². The molecule has 9 heteroatoms. The third kappa shape index (κ3) is 4.66. The summed E-state index contributed by atoms with van der Waals surface area (Å²) < 4.78 is 43.7. The van der Waals surface area contributed by atoms with Gasteiger partial charge in [0.2, 0.25) is 0 Å². The van der Waals surface area contributed by atoms with Crippen molar-refractivity contribution in [2.24, 2.45) is 4.99 Å². The Morgan fingerprint density at radius 3 is 2.75 bits per heavy atom. The van der Waals surface area contributed by atoms with Crippen molar-refractivity contribution in [2.45, 2.75) is 13.1 Å². The smallest absolute Gasteiger partial charge is 0.416 e. The highest BCUT2D eigenvalue weighted by Gasteiger charge is 2.30. The number of amides is 1. The summed E-state index contributed by atoms with van der Waals surface area (Å²) in [4.78, 5) is 16.5. The quantitative estimate of drug-likeness (QED) is 0.720. The van der Waals surface area contributed by atoms with Crippen LogP contribution in [0.2, 0.25) is 0 Å². The molecule has 0 unspecified atom stereocenters. The molecule has 5 nitrogen and oxygen atoms in total. The van der Waals surface area contributed by atoms with Crippen molar-refractivity contribution in [3.05, 3.63) is 58.5 Å². The number of phenols is 1. The number of carbonyl (C=O) groups is 1. The Morgan fingerprint density at radius 1 is 1.25 bits per heavy atom. The lowest BCUT2D eigenvalue weighted by Gasteiger charge is -2.06. The summed E-state index contributed by atoms with van der Waals surface area (Å²) in [5, 5.41) is 12.4. The second kappa shape index (κ2) is 7.97. The number of thioether (sulfide) groups is 1. The van der Waals surface area contributed by atoms with Crippen LogP contribution in [-0.2, 0) is 11.0 Å². The Hall–Kier alpha value is -2.94.